The third-order valence-corrected chi connectivity index (χ3v) is 3.76. The fourth-order valence-electron chi connectivity index (χ4n) is 2.62. The predicted octanol–water partition coefficient (Wildman–Crippen LogP) is 3.18. The number of rotatable bonds is 1. The maximum atomic E-state index is 12.0. The van der Waals surface area contributed by atoms with Gasteiger partial charge in [-0.1, -0.05) is 19.0 Å². The monoisotopic (exact) mass is 282 g/mol. The van der Waals surface area contributed by atoms with Gasteiger partial charge in [-0.15, -0.1) is 0 Å². The van der Waals surface area contributed by atoms with Crippen molar-refractivity contribution in [1.29, 1.82) is 0 Å². The molecule has 1 N–H and O–H groups in total. The Kier molecular flexibility index (Phi) is 4.32. The number of anilines is 1. The van der Waals surface area contributed by atoms with Gasteiger partial charge in [0.05, 0.1) is 5.69 Å². The summed E-state index contributed by atoms with van der Waals surface area (Å²) < 4.78 is 5.23. The highest BCUT2D eigenvalue weighted by atomic mass is 35.5. The molecular weight excluding hydrogens is 264 g/mol. The van der Waals surface area contributed by atoms with E-state index < -0.39 is 0 Å². The number of carbonyl (C=O) groups is 1. The van der Waals surface area contributed by atoms with Gasteiger partial charge in [0.2, 0.25) is 0 Å². The number of hydrogen-bond acceptors (Lipinski definition) is 3. The Morgan fingerprint density at radius 1 is 1.32 bits per heavy atom. The summed E-state index contributed by atoms with van der Waals surface area (Å²) in [6.45, 7) is 2.20. The first-order valence-corrected chi connectivity index (χ1v) is 6.58. The van der Waals surface area contributed by atoms with Gasteiger partial charge in [-0.25, -0.2) is 4.79 Å². The van der Waals surface area contributed by atoms with Gasteiger partial charge in [0, 0.05) is 16.6 Å². The summed E-state index contributed by atoms with van der Waals surface area (Å²) in [6.07, 6.45) is 1.67. The molecule has 0 atom stereocenters. The van der Waals surface area contributed by atoms with Crippen LogP contribution in [0, 0.1) is 0 Å². The Balaban J connectivity index is 0.00000133. The van der Waals surface area contributed by atoms with Gasteiger partial charge in [0.25, 0.3) is 0 Å². The molecule has 19 heavy (non-hydrogen) atoms. The van der Waals surface area contributed by atoms with Gasteiger partial charge in [-0.3, -0.25) is 4.90 Å². The van der Waals surface area contributed by atoms with Gasteiger partial charge in [0.15, 0.2) is 0 Å². The van der Waals surface area contributed by atoms with E-state index in [1.54, 1.807) is 4.90 Å². The van der Waals surface area contributed by atoms with E-state index in [2.05, 4.69) is 5.32 Å². The molecule has 2 aliphatic heterocycles. The highest BCUT2D eigenvalue weighted by Crippen LogP contribution is 2.32. The lowest BCUT2D eigenvalue weighted by Crippen LogP contribution is -2.48. The van der Waals surface area contributed by atoms with E-state index >= 15 is 0 Å². The number of nitrogens with one attached hydrogen (secondary N) is 1. The molecule has 0 radical (unpaired) electrons. The first-order chi connectivity index (χ1) is 8.75. The van der Waals surface area contributed by atoms with Gasteiger partial charge < -0.3 is 10.1 Å². The molecule has 1 aromatic carbocycles. The number of halogens is 1. The normalized spacial score (nSPS) is 19.4. The first-order valence-electron chi connectivity index (χ1n) is 6.21. The standard InChI is InChI=1S/C13H15ClN2O2.CH4/c14-10-1-2-12-9(7-10)8-18-13(17)16(12)11-3-5-15-6-4-11;/h1-2,7,11,15H,3-6,8H2;1H4. The van der Waals surface area contributed by atoms with Crippen molar-refractivity contribution < 1.29 is 9.53 Å². The van der Waals surface area contributed by atoms with Crippen LogP contribution in [0.1, 0.15) is 25.8 Å². The number of cyclic esters (lactones) is 1. The lowest BCUT2D eigenvalue weighted by atomic mass is 10.0. The molecule has 0 saturated carbocycles. The third kappa shape index (κ3) is 2.69. The van der Waals surface area contributed by atoms with E-state index in [1.807, 2.05) is 18.2 Å². The molecule has 0 aromatic heterocycles. The van der Waals surface area contributed by atoms with Crippen molar-refractivity contribution in [2.75, 3.05) is 18.0 Å². The molecule has 1 aromatic rings. The maximum absolute atomic E-state index is 12.0. The zero-order valence-electron chi connectivity index (χ0n) is 9.99. The van der Waals surface area contributed by atoms with Gasteiger partial charge in [-0.05, 0) is 44.1 Å². The average Bonchev–Trinajstić information content (AvgIpc) is 2.40. The number of ether oxygens (including phenoxy) is 1. The van der Waals surface area contributed by atoms with E-state index in [9.17, 15) is 4.79 Å². The minimum absolute atomic E-state index is 0. The van der Waals surface area contributed by atoms with E-state index in [1.165, 1.54) is 0 Å². The van der Waals surface area contributed by atoms with Crippen molar-refractivity contribution in [3.63, 3.8) is 0 Å². The Morgan fingerprint density at radius 3 is 2.79 bits per heavy atom. The van der Waals surface area contributed by atoms with Crippen LogP contribution < -0.4 is 10.2 Å². The maximum Gasteiger partial charge on any atom is 0.414 e. The van der Waals surface area contributed by atoms with Crippen LogP contribution >= 0.6 is 11.6 Å². The van der Waals surface area contributed by atoms with Crippen molar-refractivity contribution in [2.24, 2.45) is 0 Å². The SMILES string of the molecule is C.O=C1OCc2cc(Cl)ccc2N1C1CCNCC1. The highest BCUT2D eigenvalue weighted by Gasteiger charge is 2.32. The molecule has 5 heteroatoms. The van der Waals surface area contributed by atoms with Crippen LogP contribution in [0.2, 0.25) is 5.02 Å². The molecule has 2 aliphatic rings. The van der Waals surface area contributed by atoms with E-state index in [-0.39, 0.29) is 19.6 Å². The van der Waals surface area contributed by atoms with Crippen LogP contribution in [-0.2, 0) is 11.3 Å². The lowest BCUT2D eigenvalue weighted by molar-refractivity contribution is 0.137. The number of piperidine rings is 1. The van der Waals surface area contributed by atoms with E-state index in [0.29, 0.717) is 11.6 Å². The summed E-state index contributed by atoms with van der Waals surface area (Å²) in [5.74, 6) is 0. The summed E-state index contributed by atoms with van der Waals surface area (Å²) in [7, 11) is 0. The Labute approximate surface area is 118 Å². The van der Waals surface area contributed by atoms with Crippen molar-refractivity contribution in [3.05, 3.63) is 28.8 Å². The number of benzene rings is 1. The van der Waals surface area contributed by atoms with Crippen LogP contribution in [0.4, 0.5) is 10.5 Å². The number of nitrogens with zero attached hydrogens (tertiary/aromatic N) is 1. The molecule has 1 fully saturated rings. The molecule has 2 heterocycles. The fourth-order valence-corrected chi connectivity index (χ4v) is 2.82. The van der Waals surface area contributed by atoms with Gasteiger partial charge in [-0.2, -0.15) is 0 Å². The van der Waals surface area contributed by atoms with Crippen molar-refractivity contribution in [2.45, 2.75) is 32.9 Å². The van der Waals surface area contributed by atoms with Crippen LogP contribution in [0.3, 0.4) is 0 Å². The molecule has 0 unspecified atom stereocenters. The molecule has 4 nitrogen and oxygen atoms in total. The smallest absolute Gasteiger partial charge is 0.414 e. The summed E-state index contributed by atoms with van der Waals surface area (Å²) in [5, 5.41) is 3.98. The highest BCUT2D eigenvalue weighted by molar-refractivity contribution is 6.30. The minimum Gasteiger partial charge on any atom is -0.444 e. The number of fused-ring (bicyclic) bond motifs is 1. The largest absolute Gasteiger partial charge is 0.444 e. The van der Waals surface area contributed by atoms with Crippen LogP contribution in [0.25, 0.3) is 0 Å². The minimum atomic E-state index is -0.239. The molecule has 1 saturated heterocycles. The van der Waals surface area contributed by atoms with Crippen LogP contribution in [-0.4, -0.2) is 25.2 Å². The Morgan fingerprint density at radius 2 is 2.05 bits per heavy atom. The predicted molar refractivity (Wildman–Crippen MR) is 76.7 cm³/mol. The number of hydrogen-bond donors (Lipinski definition) is 1. The van der Waals surface area contributed by atoms with Gasteiger partial charge >= 0.3 is 6.09 Å². The zero-order valence-corrected chi connectivity index (χ0v) is 10.7. The summed E-state index contributed by atoms with van der Waals surface area (Å²) in [6, 6.07) is 5.84. The van der Waals surface area contributed by atoms with E-state index in [0.717, 1.165) is 37.2 Å². The average molecular weight is 283 g/mol. The number of amides is 1. The summed E-state index contributed by atoms with van der Waals surface area (Å²) in [5.41, 5.74) is 1.93. The van der Waals surface area contributed by atoms with Crippen molar-refractivity contribution in [3.8, 4) is 0 Å². The zero-order chi connectivity index (χ0) is 12.5. The van der Waals surface area contributed by atoms with Crippen molar-refractivity contribution >= 4 is 23.4 Å². The molecular formula is C14H19ClN2O2. The van der Waals surface area contributed by atoms with Crippen LogP contribution in [0.5, 0.6) is 0 Å². The first kappa shape index (κ1) is 14.2. The Bertz CT molecular complexity index is 473. The molecule has 3 rings (SSSR count). The fraction of sp³-hybridized carbons (Fsp3) is 0.500. The van der Waals surface area contributed by atoms with Crippen LogP contribution in [0.15, 0.2) is 18.2 Å². The summed E-state index contributed by atoms with van der Waals surface area (Å²) in [4.78, 5) is 13.8. The Hall–Kier alpha value is -1.26. The number of carbonyl (C=O) groups excluding carboxylic acids is 1. The van der Waals surface area contributed by atoms with Gasteiger partial charge in [0.1, 0.15) is 6.61 Å². The molecule has 0 bridgehead atoms. The van der Waals surface area contributed by atoms with Crippen molar-refractivity contribution in [1.82, 2.24) is 5.32 Å². The third-order valence-electron chi connectivity index (χ3n) is 3.52. The quantitative estimate of drug-likeness (QED) is 0.860. The molecule has 104 valence electrons. The summed E-state index contributed by atoms with van der Waals surface area (Å²) >= 11 is 5.98. The topological polar surface area (TPSA) is 41.6 Å². The molecule has 0 aliphatic carbocycles. The molecule has 1 amide bonds. The molecule has 0 spiro atoms. The second-order valence-electron chi connectivity index (χ2n) is 4.68. The second-order valence-corrected chi connectivity index (χ2v) is 5.12. The second kappa shape index (κ2) is 5.80. The van der Waals surface area contributed by atoms with E-state index in [4.69, 9.17) is 16.3 Å². The lowest BCUT2D eigenvalue weighted by Gasteiger charge is -2.37.